The highest BCUT2D eigenvalue weighted by Gasteiger charge is 2.24. The fourth-order valence-electron chi connectivity index (χ4n) is 2.02. The Labute approximate surface area is 102 Å². The number of hydrogen-bond donors (Lipinski definition) is 2. The van der Waals surface area contributed by atoms with E-state index in [1.807, 2.05) is 24.3 Å². The Kier molecular flexibility index (Phi) is 3.79. The first kappa shape index (κ1) is 12.1. The van der Waals surface area contributed by atoms with Gasteiger partial charge in [-0.25, -0.2) is 5.11 Å². The van der Waals surface area contributed by atoms with Crippen LogP contribution in [0.4, 0.5) is 0 Å². The average Bonchev–Trinajstić information content (AvgIpc) is 3.11. The van der Waals surface area contributed by atoms with Gasteiger partial charge in [0.25, 0.3) is 0 Å². The van der Waals surface area contributed by atoms with Gasteiger partial charge in [0, 0.05) is 5.56 Å². The molecule has 1 aromatic rings. The van der Waals surface area contributed by atoms with E-state index in [4.69, 9.17) is 11.1 Å². The average molecular weight is 231 g/mol. The third-order valence-electron chi connectivity index (χ3n) is 3.31. The molecule has 1 aliphatic carbocycles. The summed E-state index contributed by atoms with van der Waals surface area (Å²) >= 11 is 0. The first-order valence-corrected chi connectivity index (χ1v) is 6.24. The lowest BCUT2D eigenvalue weighted by Gasteiger charge is -2.07. The number of amidine groups is 1. The first-order chi connectivity index (χ1) is 8.15. The molecule has 0 heterocycles. The maximum atomic E-state index is 11.7. The first-order valence-electron chi connectivity index (χ1n) is 6.24. The number of benzene rings is 1. The molecule has 1 radical (unpaired) electrons. The lowest BCUT2D eigenvalue weighted by Crippen LogP contribution is -2.11. The van der Waals surface area contributed by atoms with Gasteiger partial charge >= 0.3 is 0 Å². The number of aryl methyl sites for hydroxylation is 1. The molecule has 0 aliphatic heterocycles. The van der Waals surface area contributed by atoms with Crippen molar-refractivity contribution < 1.29 is 5.11 Å². The Bertz CT molecular complexity index is 382. The van der Waals surface area contributed by atoms with E-state index in [1.165, 1.54) is 12.8 Å². The summed E-state index contributed by atoms with van der Waals surface area (Å²) in [6.45, 7) is 0. The molecular weight excluding hydrogens is 212 g/mol. The number of nitrogens with two attached hydrogens (primary N) is 1. The Balaban J connectivity index is 1.79. The Morgan fingerprint density at radius 1 is 1.35 bits per heavy atom. The molecule has 0 bridgehead atoms. The SMILES string of the molecule is N=C(N)c1ccc(CCC([O])CC2CC2)cc1. The second-order valence-corrected chi connectivity index (χ2v) is 4.95. The Morgan fingerprint density at radius 2 is 2.00 bits per heavy atom. The van der Waals surface area contributed by atoms with Crippen LogP contribution in [0.5, 0.6) is 0 Å². The summed E-state index contributed by atoms with van der Waals surface area (Å²) in [6.07, 6.45) is 4.51. The van der Waals surface area contributed by atoms with Crippen LogP contribution in [-0.4, -0.2) is 11.9 Å². The molecule has 0 saturated heterocycles. The summed E-state index contributed by atoms with van der Waals surface area (Å²) in [5.74, 6) is 0.810. The molecule has 1 aromatic carbocycles. The molecule has 2 rings (SSSR count). The second kappa shape index (κ2) is 5.32. The van der Waals surface area contributed by atoms with Crippen LogP contribution in [0.25, 0.3) is 0 Å². The highest BCUT2D eigenvalue weighted by Crippen LogP contribution is 2.34. The maximum absolute atomic E-state index is 11.7. The molecule has 1 atom stereocenters. The summed E-state index contributed by atoms with van der Waals surface area (Å²) < 4.78 is 0. The van der Waals surface area contributed by atoms with Crippen LogP contribution in [-0.2, 0) is 11.5 Å². The molecular formula is C14H19N2O. The van der Waals surface area contributed by atoms with Gasteiger partial charge in [-0.2, -0.15) is 0 Å². The summed E-state index contributed by atoms with van der Waals surface area (Å²) in [4.78, 5) is 0. The molecule has 3 heteroatoms. The molecule has 1 unspecified atom stereocenters. The van der Waals surface area contributed by atoms with Gasteiger partial charge in [0.15, 0.2) is 0 Å². The van der Waals surface area contributed by atoms with E-state index in [9.17, 15) is 5.11 Å². The normalized spacial score (nSPS) is 16.8. The minimum atomic E-state index is -0.407. The molecule has 0 spiro atoms. The zero-order chi connectivity index (χ0) is 12.3. The fourth-order valence-corrected chi connectivity index (χ4v) is 2.02. The minimum Gasteiger partial charge on any atom is -0.384 e. The largest absolute Gasteiger partial charge is 0.384 e. The Morgan fingerprint density at radius 3 is 2.53 bits per heavy atom. The van der Waals surface area contributed by atoms with Gasteiger partial charge in [0.05, 0.1) is 6.10 Å². The lowest BCUT2D eigenvalue weighted by molar-refractivity contribution is 0.0691. The van der Waals surface area contributed by atoms with Crippen molar-refractivity contribution in [3.63, 3.8) is 0 Å². The zero-order valence-electron chi connectivity index (χ0n) is 9.99. The minimum absolute atomic E-state index is 0.0898. The molecule has 1 saturated carbocycles. The number of rotatable bonds is 6. The van der Waals surface area contributed by atoms with Crippen LogP contribution < -0.4 is 5.73 Å². The van der Waals surface area contributed by atoms with Crippen molar-refractivity contribution in [1.82, 2.24) is 0 Å². The summed E-state index contributed by atoms with van der Waals surface area (Å²) in [5, 5.41) is 19.0. The molecule has 3 N–H and O–H groups in total. The molecule has 3 nitrogen and oxygen atoms in total. The quantitative estimate of drug-likeness (QED) is 0.573. The van der Waals surface area contributed by atoms with Crippen molar-refractivity contribution in [2.75, 3.05) is 0 Å². The standard InChI is InChI=1S/C14H19N2O/c15-14(16)12-6-3-10(4-7-12)5-8-13(17)9-11-1-2-11/h3-4,6-7,11,13H,1-2,5,8-9H2,(H3,15,16). The van der Waals surface area contributed by atoms with Crippen molar-refractivity contribution in [3.8, 4) is 0 Å². The number of nitrogens with one attached hydrogen (secondary N) is 1. The predicted molar refractivity (Wildman–Crippen MR) is 67.6 cm³/mol. The lowest BCUT2D eigenvalue weighted by atomic mass is 10.0. The van der Waals surface area contributed by atoms with Crippen molar-refractivity contribution >= 4 is 5.84 Å². The molecule has 1 aliphatic rings. The van der Waals surface area contributed by atoms with Crippen molar-refractivity contribution in [2.45, 2.75) is 38.2 Å². The second-order valence-electron chi connectivity index (χ2n) is 4.95. The van der Waals surface area contributed by atoms with Crippen molar-refractivity contribution in [2.24, 2.45) is 11.7 Å². The third kappa shape index (κ3) is 3.86. The van der Waals surface area contributed by atoms with Crippen LogP contribution in [0.1, 0.15) is 36.8 Å². The van der Waals surface area contributed by atoms with E-state index in [0.717, 1.165) is 36.3 Å². The van der Waals surface area contributed by atoms with Gasteiger partial charge in [0.1, 0.15) is 5.84 Å². The van der Waals surface area contributed by atoms with Gasteiger partial charge in [-0.1, -0.05) is 37.1 Å². The maximum Gasteiger partial charge on any atom is 0.122 e. The molecule has 91 valence electrons. The van der Waals surface area contributed by atoms with Gasteiger partial charge < -0.3 is 5.73 Å². The highest BCUT2D eigenvalue weighted by molar-refractivity contribution is 5.94. The van der Waals surface area contributed by atoms with Crippen molar-refractivity contribution in [1.29, 1.82) is 5.41 Å². The molecule has 1 fully saturated rings. The number of nitrogen functional groups attached to an aromatic ring is 1. The fraction of sp³-hybridized carbons (Fsp3) is 0.500. The third-order valence-corrected chi connectivity index (χ3v) is 3.31. The van der Waals surface area contributed by atoms with E-state index in [-0.39, 0.29) is 5.84 Å². The van der Waals surface area contributed by atoms with Gasteiger partial charge in [-0.05, 0) is 30.7 Å². The van der Waals surface area contributed by atoms with Gasteiger partial charge in [0.2, 0.25) is 0 Å². The monoisotopic (exact) mass is 231 g/mol. The van der Waals surface area contributed by atoms with Gasteiger partial charge in [-0.3, -0.25) is 5.41 Å². The molecule has 0 aromatic heterocycles. The van der Waals surface area contributed by atoms with Crippen molar-refractivity contribution in [3.05, 3.63) is 35.4 Å². The summed E-state index contributed by atoms with van der Waals surface area (Å²) in [6, 6.07) is 7.61. The Hall–Kier alpha value is -1.35. The van der Waals surface area contributed by atoms with E-state index in [0.29, 0.717) is 0 Å². The van der Waals surface area contributed by atoms with Crippen LogP contribution in [0.3, 0.4) is 0 Å². The van der Waals surface area contributed by atoms with Crippen LogP contribution in [0.15, 0.2) is 24.3 Å². The van der Waals surface area contributed by atoms with E-state index >= 15 is 0 Å². The topological polar surface area (TPSA) is 69.8 Å². The van der Waals surface area contributed by atoms with Crippen LogP contribution in [0, 0.1) is 11.3 Å². The van der Waals surface area contributed by atoms with E-state index in [2.05, 4.69) is 0 Å². The predicted octanol–water partition coefficient (Wildman–Crippen LogP) is 2.50. The van der Waals surface area contributed by atoms with E-state index < -0.39 is 6.10 Å². The molecule has 0 amide bonds. The zero-order valence-corrected chi connectivity index (χ0v) is 9.99. The van der Waals surface area contributed by atoms with Gasteiger partial charge in [-0.15, -0.1) is 0 Å². The number of hydrogen-bond acceptors (Lipinski definition) is 1. The summed E-state index contributed by atoms with van der Waals surface area (Å²) in [5.41, 5.74) is 7.28. The summed E-state index contributed by atoms with van der Waals surface area (Å²) in [7, 11) is 0. The van der Waals surface area contributed by atoms with E-state index in [1.54, 1.807) is 0 Å². The smallest absolute Gasteiger partial charge is 0.122 e. The molecule has 17 heavy (non-hydrogen) atoms. The van der Waals surface area contributed by atoms with Crippen LogP contribution in [0.2, 0.25) is 0 Å². The van der Waals surface area contributed by atoms with Crippen LogP contribution >= 0.6 is 0 Å². The highest BCUT2D eigenvalue weighted by atomic mass is 16.3.